The minimum Gasteiger partial charge on any atom is -0.493 e. The van der Waals surface area contributed by atoms with E-state index in [0.29, 0.717) is 44.2 Å². The third-order valence-electron chi connectivity index (χ3n) is 7.17. The van der Waals surface area contributed by atoms with Gasteiger partial charge in [0.15, 0.2) is 0 Å². The summed E-state index contributed by atoms with van der Waals surface area (Å²) in [5.74, 6) is 1.19. The zero-order chi connectivity index (χ0) is 27.1. The number of ether oxygens (including phenoxy) is 2. The lowest BCUT2D eigenvalue weighted by Gasteiger charge is -2.27. The van der Waals surface area contributed by atoms with E-state index in [-0.39, 0.29) is 22.7 Å². The number of aromatic nitrogens is 1. The predicted molar refractivity (Wildman–Crippen MR) is 147 cm³/mol. The normalized spacial score (nSPS) is 17.2. The third-order valence-corrected chi connectivity index (χ3v) is 7.17. The Bertz CT molecular complexity index is 1260. The summed E-state index contributed by atoms with van der Waals surface area (Å²) in [4.78, 5) is 28.7. The van der Waals surface area contributed by atoms with Crippen LogP contribution in [0, 0.1) is 11.2 Å². The van der Waals surface area contributed by atoms with Crippen molar-refractivity contribution in [1.82, 2.24) is 10.3 Å². The molecule has 1 unspecified atom stereocenters. The van der Waals surface area contributed by atoms with Gasteiger partial charge < -0.3 is 24.7 Å². The van der Waals surface area contributed by atoms with Gasteiger partial charge >= 0.3 is 0 Å². The van der Waals surface area contributed by atoms with E-state index in [1.165, 1.54) is 18.2 Å². The largest absolute Gasteiger partial charge is 0.493 e. The molecule has 1 atom stereocenters. The molecule has 1 aliphatic rings. The number of aromatic amines is 1. The number of H-pyrrole nitrogens is 1. The Morgan fingerprint density at radius 2 is 1.68 bits per heavy atom. The van der Waals surface area contributed by atoms with Crippen LogP contribution in [0.2, 0.25) is 0 Å². The number of hydrogen-bond donors (Lipinski definition) is 2. The highest BCUT2D eigenvalue weighted by atomic mass is 19.1. The Hall–Kier alpha value is -3.65. The minimum atomic E-state index is -0.291. The molecule has 2 heterocycles. The van der Waals surface area contributed by atoms with Crippen LogP contribution in [0.3, 0.4) is 0 Å². The number of nitrogens with one attached hydrogen (secondary N) is 2. The van der Waals surface area contributed by atoms with Gasteiger partial charge in [0.1, 0.15) is 17.3 Å². The fraction of sp³-hybridized carbons (Fsp3) is 0.400. The average molecular weight is 522 g/mol. The number of hydrogen-bond acceptors (Lipinski definition) is 5. The Morgan fingerprint density at radius 3 is 2.26 bits per heavy atom. The third kappa shape index (κ3) is 6.25. The zero-order valence-electron chi connectivity index (χ0n) is 22.3. The quantitative estimate of drug-likeness (QED) is 0.317. The van der Waals surface area contributed by atoms with Gasteiger partial charge in [-0.1, -0.05) is 19.1 Å². The van der Waals surface area contributed by atoms with Gasteiger partial charge in [-0.05, 0) is 80.1 Å². The number of rotatable bonds is 12. The van der Waals surface area contributed by atoms with E-state index in [1.54, 1.807) is 29.3 Å². The predicted octanol–water partition coefficient (Wildman–Crippen LogP) is 5.29. The lowest BCUT2D eigenvalue weighted by Crippen LogP contribution is -2.31. The lowest BCUT2D eigenvalue weighted by atomic mass is 9.81. The van der Waals surface area contributed by atoms with Crippen molar-refractivity contribution in [2.24, 2.45) is 5.41 Å². The van der Waals surface area contributed by atoms with Crippen molar-refractivity contribution in [1.29, 1.82) is 0 Å². The lowest BCUT2D eigenvalue weighted by molar-refractivity contribution is -0.117. The molecule has 0 radical (unpaired) electrons. The van der Waals surface area contributed by atoms with Crippen molar-refractivity contribution in [3.05, 3.63) is 76.5 Å². The molecule has 1 amide bonds. The van der Waals surface area contributed by atoms with Gasteiger partial charge in [-0.15, -0.1) is 0 Å². The second-order valence-electron chi connectivity index (χ2n) is 9.69. The second-order valence-corrected chi connectivity index (χ2v) is 9.69. The molecule has 0 bridgehead atoms. The highest BCUT2D eigenvalue weighted by molar-refractivity contribution is 5.96. The molecule has 3 aromatic rings. The Labute approximate surface area is 223 Å². The molecule has 4 rings (SSSR count). The summed E-state index contributed by atoms with van der Waals surface area (Å²) in [6.45, 7) is 8.97. The highest BCUT2D eigenvalue weighted by Crippen LogP contribution is 2.41. The van der Waals surface area contributed by atoms with Crippen molar-refractivity contribution in [3.63, 3.8) is 0 Å². The minimum absolute atomic E-state index is 0.0815. The van der Waals surface area contributed by atoms with E-state index in [2.05, 4.69) is 17.2 Å². The summed E-state index contributed by atoms with van der Waals surface area (Å²) < 4.78 is 25.5. The molecule has 1 aliphatic heterocycles. The molecule has 2 N–H and O–H groups in total. The molecule has 38 heavy (non-hydrogen) atoms. The van der Waals surface area contributed by atoms with Gasteiger partial charge in [-0.2, -0.15) is 0 Å². The van der Waals surface area contributed by atoms with E-state index >= 15 is 0 Å². The molecule has 1 fully saturated rings. The molecular weight excluding hydrogens is 485 g/mol. The summed E-state index contributed by atoms with van der Waals surface area (Å²) in [5.41, 5.74) is 3.09. The van der Waals surface area contributed by atoms with Gasteiger partial charge in [0.05, 0.1) is 24.5 Å². The van der Waals surface area contributed by atoms with Crippen molar-refractivity contribution < 1.29 is 18.7 Å². The summed E-state index contributed by atoms with van der Waals surface area (Å²) in [6.07, 6.45) is 3.82. The number of halogens is 1. The van der Waals surface area contributed by atoms with Crippen LogP contribution in [-0.4, -0.2) is 37.2 Å². The van der Waals surface area contributed by atoms with Crippen molar-refractivity contribution in [2.75, 3.05) is 31.2 Å². The fourth-order valence-corrected chi connectivity index (χ4v) is 5.05. The SMILES string of the molecule is CCOc1cc(CNCCC2(CC)CC(=O)N(c3ccc(=O)[nH]c3)C2)cc(OCC)c1-c1ccc(F)cc1. The Balaban J connectivity index is 1.45. The molecule has 1 saturated heterocycles. The highest BCUT2D eigenvalue weighted by Gasteiger charge is 2.42. The molecule has 0 spiro atoms. The maximum absolute atomic E-state index is 13.5. The maximum atomic E-state index is 13.5. The first-order valence-corrected chi connectivity index (χ1v) is 13.3. The number of anilines is 1. The van der Waals surface area contributed by atoms with Gasteiger partial charge in [0.2, 0.25) is 11.5 Å². The van der Waals surface area contributed by atoms with Crippen LogP contribution in [0.15, 0.2) is 59.5 Å². The standard InChI is InChI=1S/C30H36FN3O4/c1-4-30(17-28(36)34(20-30)24-11-12-27(35)33-19-24)13-14-32-18-21-15-25(37-5-2)29(26(16-21)38-6-3)22-7-9-23(31)10-8-22/h7-12,15-16,19,32H,4-6,13-14,17-18,20H2,1-3H3,(H,33,35). The average Bonchev–Trinajstić information content (AvgIpc) is 3.25. The number of amides is 1. The van der Waals surface area contributed by atoms with Crippen molar-refractivity contribution >= 4 is 11.6 Å². The van der Waals surface area contributed by atoms with Crippen LogP contribution in [0.1, 0.15) is 45.6 Å². The number of benzene rings is 2. The van der Waals surface area contributed by atoms with Gasteiger partial charge in [0.25, 0.3) is 0 Å². The fourth-order valence-electron chi connectivity index (χ4n) is 5.05. The van der Waals surface area contributed by atoms with Crippen LogP contribution in [0.25, 0.3) is 11.1 Å². The molecule has 0 aliphatic carbocycles. The number of carbonyl (C=O) groups excluding carboxylic acids is 1. The summed E-state index contributed by atoms with van der Waals surface area (Å²) in [5, 5.41) is 3.53. The number of carbonyl (C=O) groups is 1. The monoisotopic (exact) mass is 521 g/mol. The summed E-state index contributed by atoms with van der Waals surface area (Å²) >= 11 is 0. The van der Waals surface area contributed by atoms with Crippen LogP contribution in [-0.2, 0) is 11.3 Å². The number of nitrogens with zero attached hydrogens (tertiary/aromatic N) is 1. The van der Waals surface area contributed by atoms with Crippen LogP contribution >= 0.6 is 0 Å². The summed E-state index contributed by atoms with van der Waals surface area (Å²) in [7, 11) is 0. The van der Waals surface area contributed by atoms with E-state index in [4.69, 9.17) is 9.47 Å². The van der Waals surface area contributed by atoms with Crippen LogP contribution in [0.4, 0.5) is 10.1 Å². The first kappa shape index (κ1) is 27.4. The van der Waals surface area contributed by atoms with Gasteiger partial charge in [-0.25, -0.2) is 4.39 Å². The van der Waals surface area contributed by atoms with E-state index < -0.39 is 0 Å². The van der Waals surface area contributed by atoms with Crippen LogP contribution < -0.4 is 25.2 Å². The molecule has 202 valence electrons. The first-order valence-electron chi connectivity index (χ1n) is 13.3. The van der Waals surface area contributed by atoms with Gasteiger partial charge in [0, 0.05) is 31.8 Å². The Kier molecular flexibility index (Phi) is 8.84. The molecule has 8 heteroatoms. The van der Waals surface area contributed by atoms with Crippen LogP contribution in [0.5, 0.6) is 11.5 Å². The van der Waals surface area contributed by atoms with Gasteiger partial charge in [-0.3, -0.25) is 9.59 Å². The molecular formula is C30H36FN3O4. The Morgan fingerprint density at radius 1 is 1.00 bits per heavy atom. The first-order chi connectivity index (χ1) is 18.4. The zero-order valence-corrected chi connectivity index (χ0v) is 22.3. The molecule has 0 saturated carbocycles. The van der Waals surface area contributed by atoms with Crippen molar-refractivity contribution in [3.8, 4) is 22.6 Å². The maximum Gasteiger partial charge on any atom is 0.248 e. The van der Waals surface area contributed by atoms with E-state index in [0.717, 1.165) is 41.8 Å². The van der Waals surface area contributed by atoms with E-state index in [9.17, 15) is 14.0 Å². The smallest absolute Gasteiger partial charge is 0.248 e. The number of pyridine rings is 1. The molecule has 2 aromatic carbocycles. The summed E-state index contributed by atoms with van der Waals surface area (Å²) in [6, 6.07) is 13.5. The topological polar surface area (TPSA) is 83.7 Å². The van der Waals surface area contributed by atoms with E-state index in [1.807, 2.05) is 26.0 Å². The van der Waals surface area contributed by atoms with Crippen molar-refractivity contribution in [2.45, 2.75) is 46.6 Å². The molecule has 7 nitrogen and oxygen atoms in total. The molecule has 1 aromatic heterocycles. The second kappa shape index (κ2) is 12.3.